The van der Waals surface area contributed by atoms with Gasteiger partial charge < -0.3 is 14.0 Å². The second kappa shape index (κ2) is 6.52. The molecular weight excluding hydrogens is 276 g/mol. The number of hydrogen-bond acceptors (Lipinski definition) is 3. The first-order valence-electron chi connectivity index (χ1n) is 7.53. The lowest BCUT2D eigenvalue weighted by atomic mass is 10.3. The van der Waals surface area contributed by atoms with Crippen LogP contribution in [-0.2, 0) is 13.0 Å². The molecule has 4 nitrogen and oxygen atoms in total. The van der Waals surface area contributed by atoms with Crippen LogP contribution < -0.4 is 9.47 Å². The van der Waals surface area contributed by atoms with Crippen molar-refractivity contribution in [2.24, 2.45) is 0 Å². The van der Waals surface area contributed by atoms with E-state index >= 15 is 0 Å². The van der Waals surface area contributed by atoms with Crippen LogP contribution in [0.15, 0.2) is 48.5 Å². The van der Waals surface area contributed by atoms with Crippen LogP contribution in [0, 0.1) is 0 Å². The van der Waals surface area contributed by atoms with Gasteiger partial charge in [-0.25, -0.2) is 4.98 Å². The van der Waals surface area contributed by atoms with Gasteiger partial charge in [0.2, 0.25) is 0 Å². The number of aromatic nitrogens is 2. The first kappa shape index (κ1) is 14.4. The molecular formula is C18H20N2O2. The molecule has 0 aliphatic heterocycles. The minimum absolute atomic E-state index is 0.611. The fourth-order valence-corrected chi connectivity index (χ4v) is 2.57. The Morgan fingerprint density at radius 1 is 1.00 bits per heavy atom. The van der Waals surface area contributed by atoms with Crippen LogP contribution in [0.2, 0.25) is 0 Å². The van der Waals surface area contributed by atoms with E-state index in [0.717, 1.165) is 41.3 Å². The minimum Gasteiger partial charge on any atom is -0.497 e. The van der Waals surface area contributed by atoms with E-state index in [9.17, 15) is 0 Å². The molecule has 0 N–H and O–H groups in total. The van der Waals surface area contributed by atoms with Gasteiger partial charge in [-0.2, -0.15) is 0 Å². The molecule has 4 heteroatoms. The van der Waals surface area contributed by atoms with Crippen molar-refractivity contribution >= 4 is 11.0 Å². The van der Waals surface area contributed by atoms with Gasteiger partial charge in [0.15, 0.2) is 0 Å². The molecule has 0 fully saturated rings. The second-order valence-electron chi connectivity index (χ2n) is 5.05. The lowest BCUT2D eigenvalue weighted by Crippen LogP contribution is -2.10. The van der Waals surface area contributed by atoms with E-state index < -0.39 is 0 Å². The highest BCUT2D eigenvalue weighted by Crippen LogP contribution is 2.19. The maximum atomic E-state index is 5.82. The molecule has 0 saturated heterocycles. The number of imidazole rings is 1. The molecule has 0 aliphatic carbocycles. The van der Waals surface area contributed by atoms with Crippen LogP contribution in [0.3, 0.4) is 0 Å². The molecule has 0 amide bonds. The molecule has 0 unspecified atom stereocenters. The number of hydrogen-bond donors (Lipinski definition) is 0. The molecule has 0 radical (unpaired) electrons. The van der Waals surface area contributed by atoms with Crippen molar-refractivity contribution in [2.75, 3.05) is 13.7 Å². The molecule has 1 aromatic heterocycles. The van der Waals surface area contributed by atoms with Crippen molar-refractivity contribution in [3.63, 3.8) is 0 Å². The highest BCUT2D eigenvalue weighted by atomic mass is 16.5. The van der Waals surface area contributed by atoms with Crippen LogP contribution in [-0.4, -0.2) is 23.3 Å². The fraction of sp³-hybridized carbons (Fsp3) is 0.278. The normalized spacial score (nSPS) is 10.8. The van der Waals surface area contributed by atoms with Gasteiger partial charge >= 0.3 is 0 Å². The molecule has 0 bridgehead atoms. The number of para-hydroxylation sites is 2. The topological polar surface area (TPSA) is 36.3 Å². The molecule has 114 valence electrons. The molecule has 0 saturated carbocycles. The Morgan fingerprint density at radius 3 is 2.45 bits per heavy atom. The van der Waals surface area contributed by atoms with E-state index in [1.165, 1.54) is 0 Å². The van der Waals surface area contributed by atoms with Crippen LogP contribution in [0.1, 0.15) is 12.7 Å². The minimum atomic E-state index is 0.611. The first-order valence-corrected chi connectivity index (χ1v) is 7.53. The van der Waals surface area contributed by atoms with E-state index in [1.54, 1.807) is 7.11 Å². The van der Waals surface area contributed by atoms with Gasteiger partial charge in [-0.05, 0) is 36.4 Å². The fourth-order valence-electron chi connectivity index (χ4n) is 2.57. The molecule has 3 rings (SSSR count). The van der Waals surface area contributed by atoms with Crippen LogP contribution >= 0.6 is 0 Å². The summed E-state index contributed by atoms with van der Waals surface area (Å²) in [5.41, 5.74) is 2.21. The lowest BCUT2D eigenvalue weighted by Gasteiger charge is -2.10. The van der Waals surface area contributed by atoms with Crippen molar-refractivity contribution in [2.45, 2.75) is 19.9 Å². The van der Waals surface area contributed by atoms with Crippen LogP contribution in [0.25, 0.3) is 11.0 Å². The zero-order chi connectivity index (χ0) is 15.4. The van der Waals surface area contributed by atoms with E-state index in [1.807, 2.05) is 36.4 Å². The van der Waals surface area contributed by atoms with Gasteiger partial charge in [-0.15, -0.1) is 0 Å². The average Bonchev–Trinajstić information content (AvgIpc) is 2.93. The molecule has 2 aromatic carbocycles. The Hall–Kier alpha value is -2.49. The summed E-state index contributed by atoms with van der Waals surface area (Å²) in [6.07, 6.45) is 0.914. The van der Waals surface area contributed by atoms with Crippen molar-refractivity contribution < 1.29 is 9.47 Å². The largest absolute Gasteiger partial charge is 0.497 e. The van der Waals surface area contributed by atoms with Gasteiger partial charge in [0.25, 0.3) is 0 Å². The number of ether oxygens (including phenoxy) is 2. The number of benzene rings is 2. The Balaban J connectivity index is 1.70. The Morgan fingerprint density at radius 2 is 1.73 bits per heavy atom. The maximum absolute atomic E-state index is 5.82. The van der Waals surface area contributed by atoms with Gasteiger partial charge in [0.05, 0.1) is 24.7 Å². The maximum Gasteiger partial charge on any atom is 0.119 e. The lowest BCUT2D eigenvalue weighted by molar-refractivity contribution is 0.298. The molecule has 22 heavy (non-hydrogen) atoms. The molecule has 0 aliphatic rings. The number of rotatable bonds is 6. The molecule has 1 heterocycles. The Bertz CT molecular complexity index is 747. The third-order valence-electron chi connectivity index (χ3n) is 3.69. The summed E-state index contributed by atoms with van der Waals surface area (Å²) in [6.45, 7) is 3.53. The number of fused-ring (bicyclic) bond motifs is 1. The van der Waals surface area contributed by atoms with Gasteiger partial charge in [-0.3, -0.25) is 0 Å². The predicted octanol–water partition coefficient (Wildman–Crippen LogP) is 3.69. The third-order valence-corrected chi connectivity index (χ3v) is 3.69. The van der Waals surface area contributed by atoms with Crippen LogP contribution in [0.5, 0.6) is 11.5 Å². The summed E-state index contributed by atoms with van der Waals surface area (Å²) >= 11 is 0. The molecule has 3 aromatic rings. The summed E-state index contributed by atoms with van der Waals surface area (Å²) in [5, 5.41) is 0. The van der Waals surface area contributed by atoms with Gasteiger partial charge in [0, 0.05) is 6.42 Å². The SMILES string of the molecule is CCc1nc2ccccc2n1CCOc1ccc(OC)cc1. The highest BCUT2D eigenvalue weighted by Gasteiger charge is 2.08. The van der Waals surface area contributed by atoms with Crippen molar-refractivity contribution in [1.82, 2.24) is 9.55 Å². The Kier molecular flexibility index (Phi) is 4.28. The summed E-state index contributed by atoms with van der Waals surface area (Å²) in [6, 6.07) is 15.9. The molecule has 0 atom stereocenters. The zero-order valence-electron chi connectivity index (χ0n) is 13.0. The standard InChI is InChI=1S/C18H20N2O2/c1-3-18-19-16-6-4-5-7-17(16)20(18)12-13-22-15-10-8-14(21-2)9-11-15/h4-11H,3,12-13H2,1-2H3. The highest BCUT2D eigenvalue weighted by molar-refractivity contribution is 5.75. The van der Waals surface area contributed by atoms with Crippen molar-refractivity contribution in [1.29, 1.82) is 0 Å². The summed E-state index contributed by atoms with van der Waals surface area (Å²) < 4.78 is 13.2. The van der Waals surface area contributed by atoms with Crippen molar-refractivity contribution in [3.05, 3.63) is 54.4 Å². The quantitative estimate of drug-likeness (QED) is 0.696. The number of aryl methyl sites for hydroxylation is 1. The summed E-state index contributed by atoms with van der Waals surface area (Å²) in [4.78, 5) is 4.67. The molecule has 0 spiro atoms. The first-order chi connectivity index (χ1) is 10.8. The Labute approximate surface area is 130 Å². The average molecular weight is 296 g/mol. The monoisotopic (exact) mass is 296 g/mol. The van der Waals surface area contributed by atoms with Gasteiger partial charge in [-0.1, -0.05) is 19.1 Å². The second-order valence-corrected chi connectivity index (χ2v) is 5.05. The van der Waals surface area contributed by atoms with E-state index in [0.29, 0.717) is 6.61 Å². The van der Waals surface area contributed by atoms with Crippen LogP contribution in [0.4, 0.5) is 0 Å². The summed E-state index contributed by atoms with van der Waals surface area (Å²) in [5.74, 6) is 2.78. The van der Waals surface area contributed by atoms with E-state index in [4.69, 9.17) is 9.47 Å². The zero-order valence-corrected chi connectivity index (χ0v) is 13.0. The van der Waals surface area contributed by atoms with E-state index in [2.05, 4.69) is 28.6 Å². The predicted molar refractivity (Wildman–Crippen MR) is 87.6 cm³/mol. The number of methoxy groups -OCH3 is 1. The smallest absolute Gasteiger partial charge is 0.119 e. The summed E-state index contributed by atoms with van der Waals surface area (Å²) in [7, 11) is 1.66. The van der Waals surface area contributed by atoms with E-state index in [-0.39, 0.29) is 0 Å². The number of nitrogens with zero attached hydrogens (tertiary/aromatic N) is 2. The third kappa shape index (κ3) is 2.91. The van der Waals surface area contributed by atoms with Gasteiger partial charge in [0.1, 0.15) is 23.9 Å². The van der Waals surface area contributed by atoms with Crippen molar-refractivity contribution in [3.8, 4) is 11.5 Å².